The zero-order valence-corrected chi connectivity index (χ0v) is 35.4. The van der Waals surface area contributed by atoms with E-state index in [0.29, 0.717) is 19.3 Å². The summed E-state index contributed by atoms with van der Waals surface area (Å²) in [6.45, 7) is 4.49. The lowest BCUT2D eigenvalue weighted by molar-refractivity contribution is -0.889. The Bertz CT molecular complexity index is 1030. The Morgan fingerprint density at radius 1 is 0.574 bits per heavy atom. The summed E-state index contributed by atoms with van der Waals surface area (Å²) >= 11 is 0. The van der Waals surface area contributed by atoms with Gasteiger partial charge in [-0.1, -0.05) is 133 Å². The lowest BCUT2D eigenvalue weighted by Crippen LogP contribution is -2.55. The van der Waals surface area contributed by atoms with E-state index in [2.05, 4.69) is 62.5 Å². The van der Waals surface area contributed by atoms with Crippen LogP contribution in [0.1, 0.15) is 174 Å². The number of carbonyl (C=O) groups is 3. The molecule has 0 aromatic carbocycles. The molecule has 0 aliphatic rings. The van der Waals surface area contributed by atoms with Gasteiger partial charge < -0.3 is 28.6 Å². The highest BCUT2D eigenvalue weighted by atomic mass is 16.6. The van der Waals surface area contributed by atoms with Gasteiger partial charge in [0.05, 0.1) is 40.3 Å². The Morgan fingerprint density at radius 2 is 1.04 bits per heavy atom. The van der Waals surface area contributed by atoms with Gasteiger partial charge in [-0.3, -0.25) is 9.59 Å². The average Bonchev–Trinajstić information content (AvgIpc) is 3.12. The van der Waals surface area contributed by atoms with Crippen LogP contribution in [0.5, 0.6) is 0 Å². The van der Waals surface area contributed by atoms with Crippen molar-refractivity contribution in [1.29, 1.82) is 0 Å². The monoisotopic (exact) mass is 760 g/mol. The maximum absolute atomic E-state index is 12.7. The average molecular weight is 760 g/mol. The van der Waals surface area contributed by atoms with Crippen LogP contribution in [-0.4, -0.2) is 75.5 Å². The summed E-state index contributed by atoms with van der Waals surface area (Å²) in [5.41, 5.74) is 0. The molecule has 0 bridgehead atoms. The highest BCUT2D eigenvalue weighted by Crippen LogP contribution is 2.13. The summed E-state index contributed by atoms with van der Waals surface area (Å²) in [5.74, 6) is -1.80. The Balaban J connectivity index is 4.39. The van der Waals surface area contributed by atoms with Crippen molar-refractivity contribution in [2.75, 3.05) is 41.0 Å². The number of esters is 2. The molecular formula is C46H81NO7. The molecular weight excluding hydrogens is 679 g/mol. The second-order valence-electron chi connectivity index (χ2n) is 15.5. The van der Waals surface area contributed by atoms with E-state index in [1.165, 1.54) is 70.6 Å². The van der Waals surface area contributed by atoms with Crippen LogP contribution in [0, 0.1) is 0 Å². The fourth-order valence-electron chi connectivity index (χ4n) is 6.08. The van der Waals surface area contributed by atoms with Crippen molar-refractivity contribution >= 4 is 17.9 Å². The summed E-state index contributed by atoms with van der Waals surface area (Å²) in [5, 5.41) is 11.6. The van der Waals surface area contributed by atoms with Crippen LogP contribution in [0.15, 0.2) is 48.6 Å². The Labute approximate surface area is 331 Å². The number of carboxylic acid groups (broad SMARTS) is 1. The van der Waals surface area contributed by atoms with E-state index >= 15 is 0 Å². The normalized spacial score (nSPS) is 13.4. The summed E-state index contributed by atoms with van der Waals surface area (Å²) in [6.07, 6.45) is 42.9. The van der Waals surface area contributed by atoms with E-state index in [9.17, 15) is 19.5 Å². The molecule has 0 aliphatic heterocycles. The molecule has 2 atom stereocenters. The number of unbranched alkanes of at least 4 members (excludes halogenated alkanes) is 16. The van der Waals surface area contributed by atoms with Gasteiger partial charge in [-0.15, -0.1) is 0 Å². The van der Waals surface area contributed by atoms with Crippen molar-refractivity contribution in [2.24, 2.45) is 0 Å². The van der Waals surface area contributed by atoms with E-state index in [1.807, 2.05) is 0 Å². The van der Waals surface area contributed by atoms with Gasteiger partial charge in [-0.2, -0.15) is 0 Å². The van der Waals surface area contributed by atoms with E-state index in [-0.39, 0.29) is 42.7 Å². The van der Waals surface area contributed by atoms with Gasteiger partial charge in [0.1, 0.15) is 12.6 Å². The summed E-state index contributed by atoms with van der Waals surface area (Å²) in [4.78, 5) is 36.8. The third-order valence-corrected chi connectivity index (χ3v) is 9.45. The number of aliphatic carboxylic acids is 1. The number of allylic oxidation sites excluding steroid dienone is 8. The van der Waals surface area contributed by atoms with Crippen LogP contribution < -0.4 is 5.11 Å². The molecule has 54 heavy (non-hydrogen) atoms. The minimum absolute atomic E-state index is 0.0245. The molecule has 0 amide bonds. The van der Waals surface area contributed by atoms with Crippen LogP contribution in [0.2, 0.25) is 0 Å². The first-order chi connectivity index (χ1) is 26.1. The van der Waals surface area contributed by atoms with Crippen LogP contribution in [0.4, 0.5) is 0 Å². The van der Waals surface area contributed by atoms with Crippen molar-refractivity contribution in [2.45, 2.75) is 187 Å². The highest BCUT2D eigenvalue weighted by molar-refractivity contribution is 5.70. The second-order valence-corrected chi connectivity index (χ2v) is 15.5. The zero-order valence-electron chi connectivity index (χ0n) is 35.4. The molecule has 0 saturated heterocycles. The predicted octanol–water partition coefficient (Wildman–Crippen LogP) is 10.3. The molecule has 0 heterocycles. The lowest BCUT2D eigenvalue weighted by atomic mass is 10.1. The summed E-state index contributed by atoms with van der Waals surface area (Å²) in [6, 6.07) is -0.733. The maximum Gasteiger partial charge on any atom is 0.306 e. The second kappa shape index (κ2) is 37.2. The zero-order chi connectivity index (χ0) is 40.0. The van der Waals surface area contributed by atoms with Gasteiger partial charge in [0.2, 0.25) is 0 Å². The van der Waals surface area contributed by atoms with Crippen molar-refractivity contribution in [3.8, 4) is 0 Å². The molecule has 0 N–H and O–H groups in total. The number of hydrogen-bond acceptors (Lipinski definition) is 7. The highest BCUT2D eigenvalue weighted by Gasteiger charge is 2.25. The van der Waals surface area contributed by atoms with Gasteiger partial charge in [0.15, 0.2) is 6.10 Å². The number of carbonyl (C=O) groups excluding carboxylic acids is 3. The Hall–Kier alpha value is -2.71. The van der Waals surface area contributed by atoms with Gasteiger partial charge >= 0.3 is 11.9 Å². The molecule has 8 nitrogen and oxygen atoms in total. The SMILES string of the molecule is CC/C=C/C/C=C/C/C=C/CCCCC(=O)OCC(COCCC(C(=O)[O-])[N+](C)(C)C)OC(=O)CCCCCCC/C=C/CCCCCCCCCCC. The molecule has 312 valence electrons. The summed E-state index contributed by atoms with van der Waals surface area (Å²) < 4.78 is 17.1. The van der Waals surface area contributed by atoms with Crippen molar-refractivity contribution in [1.82, 2.24) is 0 Å². The third kappa shape index (κ3) is 35.0. The smallest absolute Gasteiger partial charge is 0.306 e. The molecule has 0 radical (unpaired) electrons. The van der Waals surface area contributed by atoms with Crippen LogP contribution in [0.25, 0.3) is 0 Å². The Kier molecular flexibility index (Phi) is 35.4. The topological polar surface area (TPSA) is 102 Å². The van der Waals surface area contributed by atoms with Crippen molar-refractivity contribution in [3.05, 3.63) is 48.6 Å². The number of nitrogens with zero attached hydrogens (tertiary/aromatic N) is 1. The maximum atomic E-state index is 12.7. The molecule has 0 rings (SSSR count). The molecule has 0 fully saturated rings. The van der Waals surface area contributed by atoms with E-state index in [4.69, 9.17) is 14.2 Å². The first-order valence-corrected chi connectivity index (χ1v) is 21.7. The molecule has 2 unspecified atom stereocenters. The third-order valence-electron chi connectivity index (χ3n) is 9.45. The lowest BCUT2D eigenvalue weighted by Gasteiger charge is -2.34. The van der Waals surface area contributed by atoms with Gasteiger partial charge in [-0.25, -0.2) is 0 Å². The van der Waals surface area contributed by atoms with Gasteiger partial charge in [0, 0.05) is 19.3 Å². The number of likely N-dealkylation sites (N-methyl/N-ethyl adjacent to an activating group) is 1. The molecule has 0 aromatic rings. The number of rotatable bonds is 38. The first kappa shape index (κ1) is 51.3. The standard InChI is InChI=1S/C46H81NO7/c1-6-8-10-12-14-16-18-20-21-22-23-24-25-27-29-31-33-35-37-45(49)54-42(40-52-39-38-43(46(50)51)47(3,4)5)41-53-44(48)36-34-32-30-28-26-19-17-15-13-11-9-7-2/h9,11,15,17,23-24,26,28,42-43H,6-8,10,12-14,16,18-22,25,27,29-41H2,1-5H3/b11-9+,17-15+,24-23+,28-26+. The van der Waals surface area contributed by atoms with Crippen LogP contribution in [0.3, 0.4) is 0 Å². The largest absolute Gasteiger partial charge is 0.544 e. The minimum Gasteiger partial charge on any atom is -0.544 e. The minimum atomic E-state index is -1.13. The van der Waals surface area contributed by atoms with E-state index in [0.717, 1.165) is 64.2 Å². The van der Waals surface area contributed by atoms with Crippen LogP contribution in [-0.2, 0) is 28.6 Å². The number of ether oxygens (including phenoxy) is 3. The fourth-order valence-corrected chi connectivity index (χ4v) is 6.08. The quantitative estimate of drug-likeness (QED) is 0.0267. The molecule has 0 aromatic heterocycles. The number of quaternary nitrogens is 1. The van der Waals surface area contributed by atoms with E-state index < -0.39 is 18.1 Å². The molecule has 0 aliphatic carbocycles. The molecule has 0 spiro atoms. The number of hydrogen-bond donors (Lipinski definition) is 0. The predicted molar refractivity (Wildman–Crippen MR) is 222 cm³/mol. The van der Waals surface area contributed by atoms with Crippen molar-refractivity contribution < 1.29 is 38.2 Å². The molecule has 0 saturated carbocycles. The Morgan fingerprint density at radius 3 is 1.59 bits per heavy atom. The van der Waals surface area contributed by atoms with Gasteiger partial charge in [0.25, 0.3) is 0 Å². The van der Waals surface area contributed by atoms with E-state index in [1.54, 1.807) is 21.1 Å². The first-order valence-electron chi connectivity index (χ1n) is 21.7. The molecule has 8 heteroatoms. The van der Waals surface area contributed by atoms with Crippen molar-refractivity contribution in [3.63, 3.8) is 0 Å². The van der Waals surface area contributed by atoms with Gasteiger partial charge in [-0.05, 0) is 70.6 Å². The summed E-state index contributed by atoms with van der Waals surface area (Å²) in [7, 11) is 5.39. The number of carboxylic acids is 1. The fraction of sp³-hybridized carbons (Fsp3) is 0.761. The van der Waals surface area contributed by atoms with Crippen LogP contribution >= 0.6 is 0 Å².